The van der Waals surface area contributed by atoms with Crippen molar-refractivity contribution in [3.63, 3.8) is 0 Å². The van der Waals surface area contributed by atoms with Crippen LogP contribution in [0.2, 0.25) is 0 Å². The summed E-state index contributed by atoms with van der Waals surface area (Å²) in [6.45, 7) is 5.09. The van der Waals surface area contributed by atoms with E-state index in [9.17, 15) is 8.42 Å². The number of rotatable bonds is 6. The first kappa shape index (κ1) is 18.1. The van der Waals surface area contributed by atoms with Gasteiger partial charge in [0.2, 0.25) is 0 Å². The third-order valence-electron chi connectivity index (χ3n) is 3.74. The van der Waals surface area contributed by atoms with Gasteiger partial charge >= 0.3 is 0 Å². The molecule has 2 aromatic rings. The molecule has 8 heteroatoms. The fourth-order valence-electron chi connectivity index (χ4n) is 2.40. The Kier molecular flexibility index (Phi) is 5.32. The minimum absolute atomic E-state index is 0.111. The summed E-state index contributed by atoms with van der Waals surface area (Å²) in [5.41, 5.74) is 1.25. The summed E-state index contributed by atoms with van der Waals surface area (Å²) in [7, 11) is -3.76. The Morgan fingerprint density at radius 2 is 1.81 bits per heavy atom. The van der Waals surface area contributed by atoms with E-state index in [0.29, 0.717) is 42.8 Å². The molecule has 0 amide bonds. The summed E-state index contributed by atoms with van der Waals surface area (Å²) in [5.74, 6) is 1.91. The number of fused-ring (bicyclic) bond motifs is 1. The lowest BCUT2D eigenvalue weighted by Gasteiger charge is -2.18. The first-order valence-electron chi connectivity index (χ1n) is 8.18. The van der Waals surface area contributed by atoms with Gasteiger partial charge in [0.25, 0.3) is 10.0 Å². The lowest BCUT2D eigenvalue weighted by atomic mass is 10.1. The second kappa shape index (κ2) is 7.65. The molecule has 0 aliphatic carbocycles. The number of hydrazone groups is 1. The molecule has 0 radical (unpaired) electrons. The SMILES string of the molecule is CCOc1ccc(S(=O)(=O)N/N=C(\C)c2ccc3c(c2)OCCO3)cc1. The third kappa shape index (κ3) is 4.08. The molecule has 1 heterocycles. The fourth-order valence-corrected chi connectivity index (χ4v) is 3.25. The van der Waals surface area contributed by atoms with E-state index in [1.54, 1.807) is 37.3 Å². The van der Waals surface area contributed by atoms with Gasteiger partial charge in [-0.1, -0.05) is 0 Å². The van der Waals surface area contributed by atoms with Gasteiger partial charge in [-0.2, -0.15) is 18.4 Å². The summed E-state index contributed by atoms with van der Waals surface area (Å²) in [6, 6.07) is 11.5. The van der Waals surface area contributed by atoms with Gasteiger partial charge in [-0.25, -0.2) is 0 Å². The molecule has 0 fully saturated rings. The maximum atomic E-state index is 12.4. The van der Waals surface area contributed by atoms with Crippen LogP contribution in [-0.4, -0.2) is 34.0 Å². The zero-order valence-electron chi connectivity index (χ0n) is 14.6. The summed E-state index contributed by atoms with van der Waals surface area (Å²) in [5, 5.41) is 4.00. The Labute approximate surface area is 152 Å². The molecule has 0 saturated heterocycles. The number of benzene rings is 2. The van der Waals surface area contributed by atoms with E-state index in [-0.39, 0.29) is 4.90 Å². The van der Waals surface area contributed by atoms with Gasteiger partial charge in [0.05, 0.1) is 17.2 Å². The van der Waals surface area contributed by atoms with Crippen molar-refractivity contribution in [3.05, 3.63) is 48.0 Å². The topological polar surface area (TPSA) is 86.2 Å². The minimum atomic E-state index is -3.76. The predicted octanol–water partition coefficient (Wildman–Crippen LogP) is 2.56. The number of hydrogen-bond donors (Lipinski definition) is 1. The number of nitrogens with zero attached hydrogens (tertiary/aromatic N) is 1. The molecule has 1 aliphatic rings. The average Bonchev–Trinajstić information content (AvgIpc) is 2.66. The Bertz CT molecular complexity index is 908. The van der Waals surface area contributed by atoms with Gasteiger partial charge in [0, 0.05) is 5.56 Å². The Balaban J connectivity index is 1.75. The van der Waals surface area contributed by atoms with E-state index in [2.05, 4.69) is 9.93 Å². The maximum absolute atomic E-state index is 12.4. The van der Waals surface area contributed by atoms with Gasteiger partial charge < -0.3 is 14.2 Å². The van der Waals surface area contributed by atoms with E-state index in [1.807, 2.05) is 6.92 Å². The molecule has 7 nitrogen and oxygen atoms in total. The summed E-state index contributed by atoms with van der Waals surface area (Å²) in [6.07, 6.45) is 0. The molecule has 0 bridgehead atoms. The van der Waals surface area contributed by atoms with Crippen molar-refractivity contribution in [2.45, 2.75) is 18.7 Å². The molecule has 0 atom stereocenters. The Morgan fingerprint density at radius 3 is 2.50 bits per heavy atom. The van der Waals surface area contributed by atoms with Crippen LogP contribution in [0.25, 0.3) is 0 Å². The van der Waals surface area contributed by atoms with Crippen molar-refractivity contribution in [1.82, 2.24) is 4.83 Å². The van der Waals surface area contributed by atoms with E-state index in [1.165, 1.54) is 12.1 Å². The van der Waals surface area contributed by atoms with Crippen LogP contribution in [0.5, 0.6) is 17.2 Å². The molecule has 3 rings (SSSR count). The quantitative estimate of drug-likeness (QED) is 0.619. The Morgan fingerprint density at radius 1 is 1.12 bits per heavy atom. The highest BCUT2D eigenvalue weighted by molar-refractivity contribution is 7.89. The number of nitrogens with one attached hydrogen (secondary N) is 1. The summed E-state index contributed by atoms with van der Waals surface area (Å²) in [4.78, 5) is 2.36. The van der Waals surface area contributed by atoms with Crippen LogP contribution in [0.4, 0.5) is 0 Å². The highest BCUT2D eigenvalue weighted by Gasteiger charge is 2.15. The monoisotopic (exact) mass is 376 g/mol. The van der Waals surface area contributed by atoms with E-state index in [0.717, 1.165) is 5.56 Å². The normalized spacial score (nSPS) is 14.0. The van der Waals surface area contributed by atoms with Crippen molar-refractivity contribution in [3.8, 4) is 17.2 Å². The van der Waals surface area contributed by atoms with Gasteiger partial charge in [0.15, 0.2) is 11.5 Å². The molecule has 0 unspecified atom stereocenters. The molecule has 0 spiro atoms. The van der Waals surface area contributed by atoms with Gasteiger partial charge in [-0.05, 0) is 56.3 Å². The zero-order valence-corrected chi connectivity index (χ0v) is 15.4. The van der Waals surface area contributed by atoms with Crippen molar-refractivity contribution < 1.29 is 22.6 Å². The summed E-state index contributed by atoms with van der Waals surface area (Å²) >= 11 is 0. The minimum Gasteiger partial charge on any atom is -0.494 e. The lowest BCUT2D eigenvalue weighted by molar-refractivity contribution is 0.171. The van der Waals surface area contributed by atoms with Crippen LogP contribution in [0.3, 0.4) is 0 Å². The first-order chi connectivity index (χ1) is 12.5. The predicted molar refractivity (Wildman–Crippen MR) is 97.6 cm³/mol. The van der Waals surface area contributed by atoms with Crippen LogP contribution in [-0.2, 0) is 10.0 Å². The molecule has 0 saturated carbocycles. The standard InChI is InChI=1S/C18H20N2O5S/c1-3-23-15-5-7-16(8-6-15)26(21,22)20-19-13(2)14-4-9-17-18(12-14)25-11-10-24-17/h4-9,12,20H,3,10-11H2,1-2H3/b19-13+. The van der Waals surface area contributed by atoms with Gasteiger partial charge in [0.1, 0.15) is 19.0 Å². The zero-order chi connectivity index (χ0) is 18.6. The molecule has 1 N–H and O–H groups in total. The van der Waals surface area contributed by atoms with Crippen LogP contribution < -0.4 is 19.0 Å². The van der Waals surface area contributed by atoms with Crippen molar-refractivity contribution >= 4 is 15.7 Å². The fraction of sp³-hybridized carbons (Fsp3) is 0.278. The number of hydrogen-bond acceptors (Lipinski definition) is 6. The van der Waals surface area contributed by atoms with E-state index in [4.69, 9.17) is 14.2 Å². The smallest absolute Gasteiger partial charge is 0.276 e. The molecule has 0 aromatic heterocycles. The summed E-state index contributed by atoms with van der Waals surface area (Å²) < 4.78 is 41.0. The van der Waals surface area contributed by atoms with Crippen LogP contribution in [0, 0.1) is 0 Å². The van der Waals surface area contributed by atoms with Crippen molar-refractivity contribution in [1.29, 1.82) is 0 Å². The van der Waals surface area contributed by atoms with E-state index >= 15 is 0 Å². The van der Waals surface area contributed by atoms with Crippen LogP contribution in [0.15, 0.2) is 52.5 Å². The van der Waals surface area contributed by atoms with E-state index < -0.39 is 10.0 Å². The van der Waals surface area contributed by atoms with Crippen molar-refractivity contribution in [2.24, 2.45) is 5.10 Å². The highest BCUT2D eigenvalue weighted by atomic mass is 32.2. The second-order valence-electron chi connectivity index (χ2n) is 5.55. The third-order valence-corrected chi connectivity index (χ3v) is 4.96. The number of sulfonamides is 1. The molecule has 138 valence electrons. The van der Waals surface area contributed by atoms with Crippen LogP contribution >= 0.6 is 0 Å². The molecule has 2 aromatic carbocycles. The maximum Gasteiger partial charge on any atom is 0.276 e. The van der Waals surface area contributed by atoms with Crippen molar-refractivity contribution in [2.75, 3.05) is 19.8 Å². The molecule has 1 aliphatic heterocycles. The second-order valence-corrected chi connectivity index (χ2v) is 7.22. The largest absolute Gasteiger partial charge is 0.494 e. The lowest BCUT2D eigenvalue weighted by Crippen LogP contribution is -2.20. The molecular weight excluding hydrogens is 356 g/mol. The number of ether oxygens (including phenoxy) is 3. The molecule has 26 heavy (non-hydrogen) atoms. The van der Waals surface area contributed by atoms with Gasteiger partial charge in [-0.15, -0.1) is 0 Å². The molecular formula is C18H20N2O5S. The first-order valence-corrected chi connectivity index (χ1v) is 9.67. The van der Waals surface area contributed by atoms with Crippen LogP contribution in [0.1, 0.15) is 19.4 Å². The Hall–Kier alpha value is -2.74. The average molecular weight is 376 g/mol. The van der Waals surface area contributed by atoms with Gasteiger partial charge in [-0.3, -0.25) is 0 Å². The highest BCUT2D eigenvalue weighted by Crippen LogP contribution is 2.30.